The van der Waals surface area contributed by atoms with Crippen LogP contribution in [0.4, 0.5) is 0 Å². The minimum Gasteiger partial charge on any atom is -0.480 e. The molecule has 3 rings (SSSR count). The molecule has 6 heteroatoms. The standard InChI is InChI=1S/C12H17N5O/c1-17-4-3-13-9(7-17)8-5-15-12-11(8)14-6-10(16-12)18-2/h5-6,9,13H,3-4,7H2,1-2H3,(H,15,16). The van der Waals surface area contributed by atoms with Gasteiger partial charge in [0.2, 0.25) is 5.88 Å². The van der Waals surface area contributed by atoms with Crippen molar-refractivity contribution in [2.24, 2.45) is 0 Å². The number of rotatable bonds is 2. The molecule has 1 aliphatic rings. The van der Waals surface area contributed by atoms with Crippen molar-refractivity contribution in [1.82, 2.24) is 25.2 Å². The average Bonchev–Trinajstić information content (AvgIpc) is 2.81. The van der Waals surface area contributed by atoms with Gasteiger partial charge >= 0.3 is 0 Å². The first kappa shape index (κ1) is 11.4. The normalized spacial score (nSPS) is 21.3. The maximum absolute atomic E-state index is 5.08. The minimum atomic E-state index is 0.306. The fraction of sp³-hybridized carbons (Fsp3) is 0.500. The van der Waals surface area contributed by atoms with Gasteiger partial charge in [-0.25, -0.2) is 4.98 Å². The Balaban J connectivity index is 1.97. The lowest BCUT2D eigenvalue weighted by Crippen LogP contribution is -2.43. The first-order valence-electron chi connectivity index (χ1n) is 6.08. The van der Waals surface area contributed by atoms with E-state index in [1.807, 2.05) is 6.20 Å². The molecule has 2 aromatic rings. The van der Waals surface area contributed by atoms with E-state index >= 15 is 0 Å². The number of nitrogens with zero attached hydrogens (tertiary/aromatic N) is 3. The summed E-state index contributed by atoms with van der Waals surface area (Å²) in [5.41, 5.74) is 2.87. The van der Waals surface area contributed by atoms with Crippen LogP contribution in [-0.4, -0.2) is 53.6 Å². The van der Waals surface area contributed by atoms with Gasteiger partial charge in [-0.15, -0.1) is 0 Å². The third-order valence-electron chi connectivity index (χ3n) is 3.35. The number of H-pyrrole nitrogens is 1. The average molecular weight is 247 g/mol. The summed E-state index contributed by atoms with van der Waals surface area (Å²) in [5.74, 6) is 0.532. The van der Waals surface area contributed by atoms with Gasteiger partial charge in [0.15, 0.2) is 5.65 Å². The van der Waals surface area contributed by atoms with Crippen molar-refractivity contribution in [3.8, 4) is 5.88 Å². The number of likely N-dealkylation sites (N-methyl/N-ethyl adjacent to an activating group) is 1. The third-order valence-corrected chi connectivity index (χ3v) is 3.35. The molecule has 0 spiro atoms. The van der Waals surface area contributed by atoms with Gasteiger partial charge in [0, 0.05) is 37.4 Å². The third kappa shape index (κ3) is 1.93. The molecule has 1 unspecified atom stereocenters. The second-order valence-electron chi connectivity index (χ2n) is 4.62. The molecule has 0 aliphatic carbocycles. The molecule has 1 aliphatic heterocycles. The summed E-state index contributed by atoms with van der Waals surface area (Å²) in [5, 5.41) is 3.51. The summed E-state index contributed by atoms with van der Waals surface area (Å²) in [6.07, 6.45) is 3.65. The molecule has 18 heavy (non-hydrogen) atoms. The highest BCUT2D eigenvalue weighted by Crippen LogP contribution is 2.24. The number of piperazine rings is 1. The van der Waals surface area contributed by atoms with E-state index in [4.69, 9.17) is 4.74 Å². The number of methoxy groups -OCH3 is 1. The number of aromatic amines is 1. The van der Waals surface area contributed by atoms with Crippen LogP contribution < -0.4 is 10.1 Å². The van der Waals surface area contributed by atoms with E-state index < -0.39 is 0 Å². The molecule has 0 amide bonds. The zero-order valence-electron chi connectivity index (χ0n) is 10.6. The van der Waals surface area contributed by atoms with Crippen LogP contribution in [0.25, 0.3) is 11.2 Å². The molecule has 96 valence electrons. The number of ether oxygens (including phenoxy) is 1. The first-order chi connectivity index (χ1) is 8.78. The van der Waals surface area contributed by atoms with Crippen LogP contribution in [0.5, 0.6) is 5.88 Å². The summed E-state index contributed by atoms with van der Waals surface area (Å²) < 4.78 is 5.08. The highest BCUT2D eigenvalue weighted by atomic mass is 16.5. The van der Waals surface area contributed by atoms with E-state index in [0.717, 1.165) is 30.8 Å². The van der Waals surface area contributed by atoms with Gasteiger partial charge in [0.1, 0.15) is 5.52 Å². The Kier molecular flexibility index (Phi) is 2.89. The molecular formula is C12H17N5O. The molecule has 0 radical (unpaired) electrons. The fourth-order valence-electron chi connectivity index (χ4n) is 2.37. The Morgan fingerprint density at radius 2 is 2.39 bits per heavy atom. The van der Waals surface area contributed by atoms with E-state index in [0.29, 0.717) is 11.9 Å². The lowest BCUT2D eigenvalue weighted by Gasteiger charge is -2.30. The second kappa shape index (κ2) is 4.55. The molecule has 1 fully saturated rings. The first-order valence-corrected chi connectivity index (χ1v) is 6.08. The zero-order chi connectivity index (χ0) is 12.5. The molecule has 1 atom stereocenters. The molecule has 1 saturated heterocycles. The van der Waals surface area contributed by atoms with Crippen LogP contribution in [0.3, 0.4) is 0 Å². The Labute approximate surface area is 105 Å². The van der Waals surface area contributed by atoms with Crippen molar-refractivity contribution in [2.75, 3.05) is 33.8 Å². The summed E-state index contributed by atoms with van der Waals surface area (Å²) in [4.78, 5) is 14.3. The molecule has 0 bridgehead atoms. The summed E-state index contributed by atoms with van der Waals surface area (Å²) in [6, 6.07) is 0.306. The van der Waals surface area contributed by atoms with Crippen molar-refractivity contribution in [2.45, 2.75) is 6.04 Å². The molecule has 2 aromatic heterocycles. The van der Waals surface area contributed by atoms with Gasteiger partial charge in [0.25, 0.3) is 0 Å². The van der Waals surface area contributed by atoms with E-state index in [2.05, 4.69) is 32.2 Å². The SMILES string of the molecule is COc1cnc2c(C3CN(C)CCN3)c[nH]c2n1. The monoisotopic (exact) mass is 247 g/mol. The van der Waals surface area contributed by atoms with Crippen molar-refractivity contribution in [3.05, 3.63) is 18.0 Å². The molecule has 3 heterocycles. The minimum absolute atomic E-state index is 0.306. The van der Waals surface area contributed by atoms with Crippen LogP contribution in [0.15, 0.2) is 12.4 Å². The van der Waals surface area contributed by atoms with E-state index in [1.165, 1.54) is 5.56 Å². The van der Waals surface area contributed by atoms with Crippen LogP contribution in [0, 0.1) is 0 Å². The quantitative estimate of drug-likeness (QED) is 0.811. The summed E-state index contributed by atoms with van der Waals surface area (Å²) in [7, 11) is 3.73. The maximum atomic E-state index is 5.08. The highest BCUT2D eigenvalue weighted by Gasteiger charge is 2.22. The molecule has 6 nitrogen and oxygen atoms in total. The molecule has 0 aromatic carbocycles. The van der Waals surface area contributed by atoms with Gasteiger partial charge in [-0.05, 0) is 7.05 Å². The summed E-state index contributed by atoms with van der Waals surface area (Å²) in [6.45, 7) is 3.07. The number of aromatic nitrogens is 3. The fourth-order valence-corrected chi connectivity index (χ4v) is 2.37. The van der Waals surface area contributed by atoms with E-state index in [-0.39, 0.29) is 0 Å². The van der Waals surface area contributed by atoms with Crippen molar-refractivity contribution in [1.29, 1.82) is 0 Å². The Morgan fingerprint density at radius 1 is 1.50 bits per heavy atom. The van der Waals surface area contributed by atoms with E-state index in [9.17, 15) is 0 Å². The predicted octanol–water partition coefficient (Wildman–Crippen LogP) is 0.543. The lowest BCUT2D eigenvalue weighted by atomic mass is 10.1. The van der Waals surface area contributed by atoms with E-state index in [1.54, 1.807) is 13.3 Å². The van der Waals surface area contributed by atoms with Crippen LogP contribution >= 0.6 is 0 Å². The lowest BCUT2D eigenvalue weighted by molar-refractivity contribution is 0.241. The predicted molar refractivity (Wildman–Crippen MR) is 68.7 cm³/mol. The number of nitrogens with one attached hydrogen (secondary N) is 2. The largest absolute Gasteiger partial charge is 0.480 e. The van der Waals surface area contributed by atoms with Gasteiger partial charge in [-0.2, -0.15) is 4.98 Å². The maximum Gasteiger partial charge on any atom is 0.234 e. The van der Waals surface area contributed by atoms with Gasteiger partial charge in [-0.3, -0.25) is 0 Å². The van der Waals surface area contributed by atoms with Crippen molar-refractivity contribution < 1.29 is 4.74 Å². The van der Waals surface area contributed by atoms with Crippen LogP contribution in [0.2, 0.25) is 0 Å². The van der Waals surface area contributed by atoms with Crippen molar-refractivity contribution >= 4 is 11.2 Å². The van der Waals surface area contributed by atoms with Gasteiger partial charge in [0.05, 0.1) is 13.3 Å². The van der Waals surface area contributed by atoms with Crippen molar-refractivity contribution in [3.63, 3.8) is 0 Å². The molecule has 2 N–H and O–H groups in total. The van der Waals surface area contributed by atoms with Crippen LogP contribution in [-0.2, 0) is 0 Å². The molecular weight excluding hydrogens is 230 g/mol. The van der Waals surface area contributed by atoms with Crippen LogP contribution in [0.1, 0.15) is 11.6 Å². The smallest absolute Gasteiger partial charge is 0.234 e. The zero-order valence-corrected chi connectivity index (χ0v) is 10.6. The van der Waals surface area contributed by atoms with Gasteiger partial charge < -0.3 is 19.9 Å². The number of fused-ring (bicyclic) bond motifs is 1. The highest BCUT2D eigenvalue weighted by molar-refractivity contribution is 5.76. The number of hydrogen-bond donors (Lipinski definition) is 2. The second-order valence-corrected chi connectivity index (χ2v) is 4.62. The van der Waals surface area contributed by atoms with Gasteiger partial charge in [-0.1, -0.05) is 0 Å². The Hall–Kier alpha value is -1.66. The Bertz CT molecular complexity index is 552. The summed E-state index contributed by atoms with van der Waals surface area (Å²) >= 11 is 0. The Morgan fingerprint density at radius 3 is 3.17 bits per heavy atom. The molecule has 0 saturated carbocycles. The topological polar surface area (TPSA) is 66.1 Å². The number of hydrogen-bond acceptors (Lipinski definition) is 5.